The van der Waals surface area contributed by atoms with E-state index < -0.39 is 0 Å². The fraction of sp³-hybridized carbons (Fsp3) is 0.650. The summed E-state index contributed by atoms with van der Waals surface area (Å²) in [6.45, 7) is 14.5. The van der Waals surface area contributed by atoms with Gasteiger partial charge < -0.3 is 19.9 Å². The molecule has 0 spiro atoms. The second-order valence-corrected chi connectivity index (χ2v) is 7.05. The average Bonchev–Trinajstić information content (AvgIpc) is 2.60. The van der Waals surface area contributed by atoms with Crippen molar-refractivity contribution in [3.05, 3.63) is 29.8 Å². The van der Waals surface area contributed by atoms with Gasteiger partial charge in [0, 0.05) is 39.1 Å². The number of piperazine rings is 1. The van der Waals surface area contributed by atoms with E-state index in [1.165, 1.54) is 0 Å². The third kappa shape index (κ3) is 6.67. The van der Waals surface area contributed by atoms with Gasteiger partial charge in [-0.05, 0) is 45.0 Å². The Morgan fingerprint density at radius 3 is 2.48 bits per heavy atom. The molecule has 0 unspecified atom stereocenters. The third-order valence-electron chi connectivity index (χ3n) is 4.67. The molecule has 1 heterocycles. The van der Waals surface area contributed by atoms with Gasteiger partial charge in [-0.3, -0.25) is 4.79 Å². The van der Waals surface area contributed by atoms with Crippen LogP contribution in [0.5, 0.6) is 5.75 Å². The van der Waals surface area contributed by atoms with Crippen molar-refractivity contribution in [2.45, 2.75) is 46.3 Å². The zero-order chi connectivity index (χ0) is 18.2. The molecular weight excluding hydrogens is 314 g/mol. The first-order valence-electron chi connectivity index (χ1n) is 9.48. The van der Waals surface area contributed by atoms with Crippen LogP contribution in [0.25, 0.3) is 0 Å². The summed E-state index contributed by atoms with van der Waals surface area (Å²) in [5.41, 5.74) is 1.07. The average molecular weight is 348 g/mol. The fourth-order valence-corrected chi connectivity index (χ4v) is 3.12. The van der Waals surface area contributed by atoms with Gasteiger partial charge in [0.15, 0.2) is 0 Å². The van der Waals surface area contributed by atoms with Crippen molar-refractivity contribution in [2.24, 2.45) is 0 Å². The van der Waals surface area contributed by atoms with Crippen LogP contribution < -0.4 is 10.1 Å². The summed E-state index contributed by atoms with van der Waals surface area (Å²) in [4.78, 5) is 17.1. The number of carbonyl (C=O) groups is 1. The number of carbonyl (C=O) groups excluding carboxylic acids is 1. The van der Waals surface area contributed by atoms with E-state index in [9.17, 15) is 4.79 Å². The normalized spacial score (nSPS) is 17.5. The molecule has 0 saturated carbocycles. The molecule has 25 heavy (non-hydrogen) atoms. The van der Waals surface area contributed by atoms with Gasteiger partial charge in [0.25, 0.3) is 0 Å². The van der Waals surface area contributed by atoms with Crippen LogP contribution in [0.3, 0.4) is 0 Å². The minimum absolute atomic E-state index is 0.0137. The zero-order valence-electron chi connectivity index (χ0n) is 16.1. The molecule has 1 saturated heterocycles. The van der Waals surface area contributed by atoms with Gasteiger partial charge >= 0.3 is 0 Å². The van der Waals surface area contributed by atoms with Crippen LogP contribution in [0.15, 0.2) is 24.3 Å². The molecule has 5 nitrogen and oxygen atoms in total. The van der Waals surface area contributed by atoms with E-state index in [0.29, 0.717) is 6.42 Å². The number of likely N-dealkylation sites (N-methyl/N-ethyl adjacent to an activating group) is 1. The van der Waals surface area contributed by atoms with E-state index in [0.717, 1.165) is 50.6 Å². The maximum atomic E-state index is 12.3. The number of nitrogens with one attached hydrogen (secondary N) is 1. The molecule has 0 aromatic heterocycles. The molecular formula is C20H33N3O2. The molecule has 2 rings (SSSR count). The quantitative estimate of drug-likeness (QED) is 0.785. The summed E-state index contributed by atoms with van der Waals surface area (Å²) < 4.78 is 5.73. The van der Waals surface area contributed by atoms with E-state index in [1.807, 2.05) is 45.0 Å². The molecule has 0 bridgehead atoms. The standard InChI is InChI=1S/C20H33N3O2/c1-5-22-11-13-23(14-12-22)10-9-20(24)21-17(4)18-7-6-8-19(15-18)25-16(2)3/h6-8,15-17H,5,9-14H2,1-4H3,(H,21,24)/t17-/m0/s1. The molecule has 0 radical (unpaired) electrons. The second kappa shape index (κ2) is 9.78. The van der Waals surface area contributed by atoms with E-state index in [2.05, 4.69) is 22.0 Å². The van der Waals surface area contributed by atoms with Crippen LogP contribution in [-0.4, -0.2) is 61.1 Å². The Labute approximate surface area is 152 Å². The van der Waals surface area contributed by atoms with Crippen molar-refractivity contribution >= 4 is 5.91 Å². The monoisotopic (exact) mass is 347 g/mol. The highest BCUT2D eigenvalue weighted by molar-refractivity contribution is 5.76. The van der Waals surface area contributed by atoms with Gasteiger partial charge in [0.1, 0.15) is 5.75 Å². The van der Waals surface area contributed by atoms with Gasteiger partial charge in [-0.25, -0.2) is 0 Å². The number of hydrogen-bond acceptors (Lipinski definition) is 4. The highest BCUT2D eigenvalue weighted by atomic mass is 16.5. The lowest BCUT2D eigenvalue weighted by Crippen LogP contribution is -2.47. The lowest BCUT2D eigenvalue weighted by Gasteiger charge is -2.33. The number of benzene rings is 1. The first-order valence-corrected chi connectivity index (χ1v) is 9.48. The minimum atomic E-state index is -0.0137. The number of ether oxygens (including phenoxy) is 1. The molecule has 1 N–H and O–H groups in total. The molecule has 1 aliphatic heterocycles. The summed E-state index contributed by atoms with van der Waals surface area (Å²) in [5.74, 6) is 0.961. The van der Waals surface area contributed by atoms with Gasteiger partial charge in [-0.15, -0.1) is 0 Å². The fourth-order valence-electron chi connectivity index (χ4n) is 3.12. The Kier molecular flexibility index (Phi) is 7.72. The lowest BCUT2D eigenvalue weighted by molar-refractivity contribution is -0.122. The highest BCUT2D eigenvalue weighted by Gasteiger charge is 2.17. The highest BCUT2D eigenvalue weighted by Crippen LogP contribution is 2.20. The van der Waals surface area contributed by atoms with Crippen LogP contribution in [0.1, 0.15) is 45.7 Å². The van der Waals surface area contributed by atoms with Crippen LogP contribution in [0, 0.1) is 0 Å². The predicted molar refractivity (Wildman–Crippen MR) is 102 cm³/mol. The van der Waals surface area contributed by atoms with Crippen LogP contribution in [0.4, 0.5) is 0 Å². The molecule has 1 atom stereocenters. The summed E-state index contributed by atoms with van der Waals surface area (Å²) in [6, 6.07) is 7.95. The summed E-state index contributed by atoms with van der Waals surface area (Å²) in [5, 5.41) is 3.10. The summed E-state index contributed by atoms with van der Waals surface area (Å²) in [6.07, 6.45) is 0.701. The van der Waals surface area contributed by atoms with Gasteiger partial charge in [0.05, 0.1) is 12.1 Å². The van der Waals surface area contributed by atoms with Gasteiger partial charge in [-0.2, -0.15) is 0 Å². The third-order valence-corrected chi connectivity index (χ3v) is 4.67. The summed E-state index contributed by atoms with van der Waals surface area (Å²) in [7, 11) is 0. The molecule has 1 aromatic carbocycles. The first kappa shape index (κ1) is 19.7. The Hall–Kier alpha value is -1.59. The SMILES string of the molecule is CCN1CCN(CCC(=O)N[C@@H](C)c2cccc(OC(C)C)c2)CC1. The zero-order valence-corrected chi connectivity index (χ0v) is 16.1. The van der Waals surface area contributed by atoms with Gasteiger partial charge in [0.2, 0.25) is 5.91 Å². The van der Waals surface area contributed by atoms with Crippen LogP contribution in [0.2, 0.25) is 0 Å². The van der Waals surface area contributed by atoms with E-state index in [4.69, 9.17) is 4.74 Å². The topological polar surface area (TPSA) is 44.8 Å². The molecule has 140 valence electrons. The molecule has 1 fully saturated rings. The van der Waals surface area contributed by atoms with Crippen molar-refractivity contribution in [3.63, 3.8) is 0 Å². The second-order valence-electron chi connectivity index (χ2n) is 7.05. The smallest absolute Gasteiger partial charge is 0.221 e. The Bertz CT molecular complexity index is 539. The number of hydrogen-bond donors (Lipinski definition) is 1. The minimum Gasteiger partial charge on any atom is -0.491 e. The number of rotatable bonds is 8. The van der Waals surface area contributed by atoms with Crippen LogP contribution >= 0.6 is 0 Å². The van der Waals surface area contributed by atoms with Crippen molar-refractivity contribution < 1.29 is 9.53 Å². The van der Waals surface area contributed by atoms with E-state index in [-0.39, 0.29) is 18.1 Å². The van der Waals surface area contributed by atoms with Crippen molar-refractivity contribution in [1.82, 2.24) is 15.1 Å². The first-order chi connectivity index (χ1) is 12.0. The lowest BCUT2D eigenvalue weighted by atomic mass is 10.1. The summed E-state index contributed by atoms with van der Waals surface area (Å²) >= 11 is 0. The molecule has 5 heteroatoms. The Morgan fingerprint density at radius 1 is 1.16 bits per heavy atom. The van der Waals surface area contributed by atoms with E-state index >= 15 is 0 Å². The number of nitrogens with zero attached hydrogens (tertiary/aromatic N) is 2. The molecule has 1 amide bonds. The van der Waals surface area contributed by atoms with Crippen molar-refractivity contribution in [3.8, 4) is 5.75 Å². The van der Waals surface area contributed by atoms with Crippen molar-refractivity contribution in [1.29, 1.82) is 0 Å². The van der Waals surface area contributed by atoms with Crippen LogP contribution in [-0.2, 0) is 4.79 Å². The van der Waals surface area contributed by atoms with Crippen molar-refractivity contribution in [2.75, 3.05) is 39.3 Å². The maximum absolute atomic E-state index is 12.3. The van der Waals surface area contributed by atoms with E-state index in [1.54, 1.807) is 0 Å². The predicted octanol–water partition coefficient (Wildman–Crippen LogP) is 2.68. The molecule has 0 aliphatic carbocycles. The molecule has 1 aromatic rings. The van der Waals surface area contributed by atoms with Gasteiger partial charge in [-0.1, -0.05) is 19.1 Å². The maximum Gasteiger partial charge on any atom is 0.221 e. The Balaban J connectivity index is 1.76. The number of amides is 1. The largest absolute Gasteiger partial charge is 0.491 e. The molecule has 1 aliphatic rings. The Morgan fingerprint density at radius 2 is 1.84 bits per heavy atom.